The fraction of sp³-hybridized carbons (Fsp3) is 0.360. The number of pyridine rings is 2. The van der Waals surface area contributed by atoms with Gasteiger partial charge in [-0.05, 0) is 68.0 Å². The molecule has 174 valence electrons. The molecule has 0 aliphatic heterocycles. The highest BCUT2D eigenvalue weighted by molar-refractivity contribution is 5.47. The number of halogens is 2. The number of ether oxygens (including phenoxy) is 2. The van der Waals surface area contributed by atoms with Crippen molar-refractivity contribution < 1.29 is 28.1 Å². The molecule has 0 amide bonds. The van der Waals surface area contributed by atoms with Gasteiger partial charge in [0.05, 0.1) is 11.8 Å². The van der Waals surface area contributed by atoms with E-state index in [1.54, 1.807) is 50.4 Å². The zero-order valence-electron chi connectivity index (χ0n) is 18.4. The number of alkyl halides is 2. The van der Waals surface area contributed by atoms with Crippen LogP contribution in [0.4, 0.5) is 8.78 Å². The molecule has 0 spiro atoms. The van der Waals surface area contributed by atoms with Gasteiger partial charge >= 0.3 is 6.61 Å². The maximum absolute atomic E-state index is 12.9. The largest absolute Gasteiger partial charge is 0.619 e. The molecule has 0 radical (unpaired) electrons. The first kappa shape index (κ1) is 22.9. The summed E-state index contributed by atoms with van der Waals surface area (Å²) < 4.78 is 37.0. The van der Waals surface area contributed by atoms with Crippen LogP contribution in [0.1, 0.15) is 55.0 Å². The van der Waals surface area contributed by atoms with Gasteiger partial charge in [0.15, 0.2) is 23.9 Å². The van der Waals surface area contributed by atoms with E-state index < -0.39 is 12.2 Å². The quantitative estimate of drug-likeness (QED) is 0.380. The predicted octanol–water partition coefficient (Wildman–Crippen LogP) is 4.46. The number of benzene rings is 1. The zero-order chi connectivity index (χ0) is 23.6. The summed E-state index contributed by atoms with van der Waals surface area (Å²) in [7, 11) is 0. The number of aliphatic hydroxyl groups is 1. The first-order chi connectivity index (χ1) is 15.7. The minimum absolute atomic E-state index is 0.00186. The van der Waals surface area contributed by atoms with E-state index in [4.69, 9.17) is 4.74 Å². The lowest BCUT2D eigenvalue weighted by atomic mass is 9.86. The topological polar surface area (TPSA) is 78.5 Å². The fourth-order valence-electron chi connectivity index (χ4n) is 3.61. The van der Waals surface area contributed by atoms with E-state index >= 15 is 0 Å². The van der Waals surface area contributed by atoms with Crippen molar-refractivity contribution in [1.82, 2.24) is 4.98 Å². The van der Waals surface area contributed by atoms with Crippen molar-refractivity contribution in [3.8, 4) is 11.5 Å². The summed E-state index contributed by atoms with van der Waals surface area (Å²) in [6.07, 6.45) is 6.88. The highest BCUT2D eigenvalue weighted by atomic mass is 19.3. The van der Waals surface area contributed by atoms with Crippen LogP contribution in [0.25, 0.3) is 0 Å². The molecule has 1 aromatic carbocycles. The van der Waals surface area contributed by atoms with Gasteiger partial charge in [0.2, 0.25) is 0 Å². The predicted molar refractivity (Wildman–Crippen MR) is 117 cm³/mol. The molecule has 0 bridgehead atoms. The van der Waals surface area contributed by atoms with Crippen LogP contribution in [-0.2, 0) is 12.0 Å². The average Bonchev–Trinajstić information content (AvgIpc) is 3.58. The molecule has 3 aromatic rings. The Morgan fingerprint density at radius 1 is 1.09 bits per heavy atom. The van der Waals surface area contributed by atoms with Crippen LogP contribution in [0.3, 0.4) is 0 Å². The van der Waals surface area contributed by atoms with E-state index in [1.165, 1.54) is 18.5 Å². The summed E-state index contributed by atoms with van der Waals surface area (Å²) in [6.45, 7) is 0.380. The van der Waals surface area contributed by atoms with Gasteiger partial charge in [-0.2, -0.15) is 13.5 Å². The summed E-state index contributed by atoms with van der Waals surface area (Å²) in [6, 6.07) is 12.1. The van der Waals surface area contributed by atoms with Crippen LogP contribution in [0.15, 0.2) is 61.1 Å². The van der Waals surface area contributed by atoms with Crippen molar-refractivity contribution in [2.24, 2.45) is 0 Å². The Morgan fingerprint density at radius 2 is 1.79 bits per heavy atom. The molecule has 2 heterocycles. The van der Waals surface area contributed by atoms with E-state index in [0.717, 1.165) is 34.3 Å². The van der Waals surface area contributed by atoms with Crippen molar-refractivity contribution in [2.75, 3.05) is 0 Å². The van der Waals surface area contributed by atoms with Crippen molar-refractivity contribution in [1.29, 1.82) is 0 Å². The van der Waals surface area contributed by atoms with Crippen molar-refractivity contribution in [2.45, 2.75) is 57.3 Å². The Labute approximate surface area is 191 Å². The minimum atomic E-state index is -2.95. The molecule has 1 fully saturated rings. The Kier molecular flexibility index (Phi) is 6.47. The van der Waals surface area contributed by atoms with Crippen LogP contribution < -0.4 is 14.2 Å². The molecule has 1 N–H and O–H groups in total. The van der Waals surface area contributed by atoms with Crippen molar-refractivity contribution >= 4 is 0 Å². The number of rotatable bonds is 9. The SMILES string of the molecule is CC(C)(O)c1ccc([C@H](Cc2cc[n+]([O-])cc2)c2ccc(OC(F)F)c(OC3CC3)c2)cn1. The number of aromatic nitrogens is 2. The molecule has 1 aliphatic carbocycles. The average molecular weight is 456 g/mol. The number of nitrogens with zero attached hydrogens (tertiary/aromatic N) is 2. The normalized spacial score (nSPS) is 14.8. The van der Waals surface area contributed by atoms with Gasteiger partial charge in [-0.1, -0.05) is 12.1 Å². The second kappa shape index (κ2) is 9.31. The summed E-state index contributed by atoms with van der Waals surface area (Å²) in [4.78, 5) is 4.43. The van der Waals surface area contributed by atoms with Gasteiger partial charge in [0.1, 0.15) is 5.60 Å². The summed E-state index contributed by atoms with van der Waals surface area (Å²) in [5.74, 6) is 0.0897. The van der Waals surface area contributed by atoms with E-state index in [1.807, 2.05) is 6.07 Å². The molecule has 0 unspecified atom stereocenters. The molecule has 1 aliphatic rings. The molecular weight excluding hydrogens is 430 g/mol. The smallest absolute Gasteiger partial charge is 0.387 e. The Bertz CT molecular complexity index is 1080. The first-order valence-corrected chi connectivity index (χ1v) is 10.8. The van der Waals surface area contributed by atoms with Crippen molar-refractivity contribution in [3.05, 3.63) is 88.6 Å². The lowest BCUT2D eigenvalue weighted by Gasteiger charge is -2.22. The molecule has 2 aromatic heterocycles. The Hall–Kier alpha value is -3.26. The van der Waals surface area contributed by atoms with Gasteiger partial charge in [-0.3, -0.25) is 4.98 Å². The van der Waals surface area contributed by atoms with Crippen LogP contribution in [0.2, 0.25) is 0 Å². The first-order valence-electron chi connectivity index (χ1n) is 10.8. The van der Waals surface area contributed by atoms with Crippen LogP contribution in [0, 0.1) is 5.21 Å². The van der Waals surface area contributed by atoms with Gasteiger partial charge in [0, 0.05) is 24.2 Å². The second-order valence-electron chi connectivity index (χ2n) is 8.76. The van der Waals surface area contributed by atoms with Crippen molar-refractivity contribution in [3.63, 3.8) is 0 Å². The van der Waals surface area contributed by atoms with Gasteiger partial charge in [-0.15, -0.1) is 0 Å². The zero-order valence-corrected chi connectivity index (χ0v) is 18.4. The highest BCUT2D eigenvalue weighted by Gasteiger charge is 2.27. The fourth-order valence-corrected chi connectivity index (χ4v) is 3.61. The highest BCUT2D eigenvalue weighted by Crippen LogP contribution is 2.39. The van der Waals surface area contributed by atoms with Gasteiger partial charge in [-0.25, -0.2) is 0 Å². The maximum atomic E-state index is 12.9. The second-order valence-corrected chi connectivity index (χ2v) is 8.76. The van der Waals surface area contributed by atoms with Gasteiger partial charge in [0.25, 0.3) is 0 Å². The molecule has 1 atom stereocenters. The number of hydrogen-bond acceptors (Lipinski definition) is 5. The maximum Gasteiger partial charge on any atom is 0.387 e. The number of hydrogen-bond donors (Lipinski definition) is 1. The van der Waals surface area contributed by atoms with Crippen LogP contribution >= 0.6 is 0 Å². The molecule has 4 rings (SSSR count). The lowest BCUT2D eigenvalue weighted by molar-refractivity contribution is -0.605. The molecule has 1 saturated carbocycles. The monoisotopic (exact) mass is 456 g/mol. The van der Waals surface area contributed by atoms with E-state index in [9.17, 15) is 19.1 Å². The van der Waals surface area contributed by atoms with Crippen LogP contribution in [0.5, 0.6) is 11.5 Å². The minimum Gasteiger partial charge on any atom is -0.619 e. The molecular formula is C25H26F2N2O4. The summed E-state index contributed by atoms with van der Waals surface area (Å²) in [5.41, 5.74) is 2.10. The lowest BCUT2D eigenvalue weighted by Crippen LogP contribution is -2.24. The third-order valence-corrected chi connectivity index (χ3v) is 5.53. The van der Waals surface area contributed by atoms with Crippen LogP contribution in [-0.4, -0.2) is 22.8 Å². The third kappa shape index (κ3) is 5.96. The van der Waals surface area contributed by atoms with E-state index in [0.29, 0.717) is 12.1 Å². The van der Waals surface area contributed by atoms with Gasteiger partial charge < -0.3 is 19.8 Å². The molecule has 33 heavy (non-hydrogen) atoms. The summed E-state index contributed by atoms with van der Waals surface area (Å²) in [5, 5.41) is 21.7. The van der Waals surface area contributed by atoms with E-state index in [2.05, 4.69) is 9.72 Å². The van der Waals surface area contributed by atoms with E-state index in [-0.39, 0.29) is 23.5 Å². The third-order valence-electron chi connectivity index (χ3n) is 5.53. The summed E-state index contributed by atoms with van der Waals surface area (Å²) >= 11 is 0. The molecule has 8 heteroatoms. The molecule has 0 saturated heterocycles. The Balaban J connectivity index is 1.72. The Morgan fingerprint density at radius 3 is 2.36 bits per heavy atom. The standard InChI is InChI=1S/C25H26F2N2O4/c1-25(2,30)23-8-4-18(15-28-23)20(13-16-9-11-29(31)12-10-16)17-3-7-21(33-24(26)27)22(14-17)32-19-5-6-19/h3-4,7-12,14-15,19-20,24,30H,5-6,13H2,1-2H3/t20-/m1/s1. The molecule has 6 nitrogen and oxygen atoms in total.